The molecule has 0 fully saturated rings. The maximum absolute atomic E-state index is 12.9. The van der Waals surface area contributed by atoms with Crippen LogP contribution in [-0.4, -0.2) is 42.4 Å². The van der Waals surface area contributed by atoms with E-state index in [1.807, 2.05) is 55.5 Å². The van der Waals surface area contributed by atoms with Crippen LogP contribution < -0.4 is 15.4 Å². The van der Waals surface area contributed by atoms with Crippen LogP contribution in [0.15, 0.2) is 77.2 Å². The van der Waals surface area contributed by atoms with Crippen molar-refractivity contribution in [3.05, 3.63) is 89.8 Å². The maximum Gasteiger partial charge on any atom is 0.248 e. The summed E-state index contributed by atoms with van der Waals surface area (Å²) in [5.74, 6) is 1.27. The number of benzene rings is 2. The highest BCUT2D eigenvalue weighted by atomic mass is 32.2. The molecule has 0 radical (unpaired) electrons. The minimum atomic E-state index is -3.61. The van der Waals surface area contributed by atoms with Crippen LogP contribution in [-0.2, 0) is 28.4 Å². The van der Waals surface area contributed by atoms with Crippen LogP contribution in [0, 0.1) is 0 Å². The van der Waals surface area contributed by atoms with E-state index in [0.717, 1.165) is 12.0 Å². The summed E-state index contributed by atoms with van der Waals surface area (Å²) >= 11 is 0. The number of pyridine rings is 1. The lowest BCUT2D eigenvalue weighted by Crippen LogP contribution is -2.35. The minimum Gasteiger partial charge on any atom is -0.419 e. The molecule has 9 nitrogen and oxygen atoms in total. The summed E-state index contributed by atoms with van der Waals surface area (Å²) in [7, 11) is -2.11. The van der Waals surface area contributed by atoms with Crippen LogP contribution in [0.2, 0.25) is 0 Å². The molecule has 0 saturated heterocycles. The number of hydrogen-bond acceptors (Lipinski definition) is 8. The summed E-state index contributed by atoms with van der Waals surface area (Å²) < 4.78 is 33.0. The first-order valence-electron chi connectivity index (χ1n) is 12.5. The van der Waals surface area contributed by atoms with Gasteiger partial charge in [0.05, 0.1) is 10.8 Å². The lowest BCUT2D eigenvalue weighted by Gasteiger charge is -2.22. The van der Waals surface area contributed by atoms with Crippen LogP contribution in [0.3, 0.4) is 0 Å². The largest absolute Gasteiger partial charge is 0.419 e. The fraction of sp³-hybridized carbons (Fsp3) is 0.321. The standard InChI is InChI=1S/C28H34N6O3S/c1-20(2)38(35,36)34(4)25-18-23(17-24(31-25)30-16-15-21-11-7-5-8-12-21)26-32-33-27(37-26)28(3,29)19-22-13-9-6-10-14-22/h5-14,17-18,20H,15-16,19,29H2,1-4H3,(H,30,31)/t28-/m1/s1. The molecule has 200 valence electrons. The Balaban J connectivity index is 1.64. The smallest absolute Gasteiger partial charge is 0.248 e. The van der Waals surface area contributed by atoms with E-state index >= 15 is 0 Å². The van der Waals surface area contributed by atoms with Gasteiger partial charge in [-0.05, 0) is 56.9 Å². The summed E-state index contributed by atoms with van der Waals surface area (Å²) in [5, 5.41) is 11.2. The summed E-state index contributed by atoms with van der Waals surface area (Å²) in [6.45, 7) is 5.71. The highest BCUT2D eigenvalue weighted by Gasteiger charge is 2.30. The van der Waals surface area contributed by atoms with Gasteiger partial charge < -0.3 is 15.5 Å². The van der Waals surface area contributed by atoms with Gasteiger partial charge in [-0.2, -0.15) is 0 Å². The molecule has 2 heterocycles. The van der Waals surface area contributed by atoms with Gasteiger partial charge in [0.2, 0.25) is 21.8 Å². The molecule has 0 aliphatic heterocycles. The number of rotatable bonds is 11. The van der Waals surface area contributed by atoms with Gasteiger partial charge in [-0.3, -0.25) is 4.31 Å². The summed E-state index contributed by atoms with van der Waals surface area (Å²) in [6, 6.07) is 23.3. The van der Waals surface area contributed by atoms with Gasteiger partial charge in [-0.25, -0.2) is 13.4 Å². The van der Waals surface area contributed by atoms with E-state index < -0.39 is 20.8 Å². The fourth-order valence-corrected chi connectivity index (χ4v) is 4.97. The second kappa shape index (κ2) is 11.3. The van der Waals surface area contributed by atoms with Gasteiger partial charge in [-0.1, -0.05) is 60.7 Å². The minimum absolute atomic E-state index is 0.231. The van der Waals surface area contributed by atoms with Crippen LogP contribution in [0.1, 0.15) is 37.8 Å². The molecule has 38 heavy (non-hydrogen) atoms. The molecule has 0 unspecified atom stereocenters. The third-order valence-corrected chi connectivity index (χ3v) is 8.39. The quantitative estimate of drug-likeness (QED) is 0.290. The fourth-order valence-electron chi connectivity index (χ4n) is 3.98. The number of nitrogens with one attached hydrogen (secondary N) is 1. The number of hydrogen-bond donors (Lipinski definition) is 2. The van der Waals surface area contributed by atoms with Crippen LogP contribution in [0.25, 0.3) is 11.5 Å². The van der Waals surface area contributed by atoms with Crippen molar-refractivity contribution in [2.24, 2.45) is 5.73 Å². The third-order valence-electron chi connectivity index (χ3n) is 6.25. The predicted octanol–water partition coefficient (Wildman–Crippen LogP) is 4.38. The Kier molecular flexibility index (Phi) is 8.13. The maximum atomic E-state index is 12.9. The van der Waals surface area contributed by atoms with E-state index in [1.165, 1.54) is 16.9 Å². The SMILES string of the molecule is CC(C)S(=O)(=O)N(C)c1cc(-c2nnc([C@](C)(N)Cc3ccccc3)o2)cc(NCCc2ccccc2)n1. The van der Waals surface area contributed by atoms with Gasteiger partial charge in [0.1, 0.15) is 11.6 Å². The van der Waals surface area contributed by atoms with E-state index in [9.17, 15) is 8.42 Å². The Morgan fingerprint density at radius 1 is 1.00 bits per heavy atom. The van der Waals surface area contributed by atoms with Gasteiger partial charge in [-0.15, -0.1) is 10.2 Å². The molecule has 2 aromatic heterocycles. The van der Waals surface area contributed by atoms with E-state index in [1.54, 1.807) is 26.0 Å². The number of nitrogens with two attached hydrogens (primary N) is 1. The first-order chi connectivity index (χ1) is 18.1. The van der Waals surface area contributed by atoms with Gasteiger partial charge in [0.15, 0.2) is 0 Å². The Labute approximate surface area is 224 Å². The first kappa shape index (κ1) is 27.3. The summed E-state index contributed by atoms with van der Waals surface area (Å²) in [5.41, 5.74) is 8.45. The summed E-state index contributed by atoms with van der Waals surface area (Å²) in [6.07, 6.45) is 1.29. The topological polar surface area (TPSA) is 127 Å². The van der Waals surface area contributed by atoms with Crippen LogP contribution >= 0.6 is 0 Å². The molecular weight excluding hydrogens is 500 g/mol. The molecule has 4 rings (SSSR count). The van der Waals surface area contributed by atoms with Crippen molar-refractivity contribution >= 4 is 21.7 Å². The Morgan fingerprint density at radius 3 is 2.26 bits per heavy atom. The van der Waals surface area contributed by atoms with E-state index in [2.05, 4.69) is 32.6 Å². The van der Waals surface area contributed by atoms with Crippen molar-refractivity contribution in [1.29, 1.82) is 0 Å². The average Bonchev–Trinajstić information content (AvgIpc) is 3.41. The zero-order valence-corrected chi connectivity index (χ0v) is 22.9. The number of aromatic nitrogens is 3. The van der Waals surface area contributed by atoms with Crippen molar-refractivity contribution in [1.82, 2.24) is 15.2 Å². The van der Waals surface area contributed by atoms with Crippen molar-refractivity contribution in [3.63, 3.8) is 0 Å². The molecule has 0 aliphatic rings. The van der Waals surface area contributed by atoms with Crippen molar-refractivity contribution in [3.8, 4) is 11.5 Å². The zero-order chi connectivity index (χ0) is 27.3. The molecule has 0 spiro atoms. The highest BCUT2D eigenvalue weighted by molar-refractivity contribution is 7.93. The lowest BCUT2D eigenvalue weighted by molar-refractivity contribution is 0.355. The van der Waals surface area contributed by atoms with Crippen LogP contribution in [0.4, 0.5) is 11.6 Å². The molecule has 0 aliphatic carbocycles. The molecule has 2 aromatic carbocycles. The lowest BCUT2D eigenvalue weighted by atomic mass is 9.94. The van der Waals surface area contributed by atoms with Crippen molar-refractivity contribution in [2.75, 3.05) is 23.2 Å². The molecule has 0 bridgehead atoms. The second-order valence-corrected chi connectivity index (χ2v) is 12.3. The zero-order valence-electron chi connectivity index (χ0n) is 22.1. The Bertz CT molecular complexity index is 1450. The van der Waals surface area contributed by atoms with Gasteiger partial charge >= 0.3 is 0 Å². The third kappa shape index (κ3) is 6.38. The molecule has 0 saturated carbocycles. The number of nitrogens with zero attached hydrogens (tertiary/aromatic N) is 4. The monoisotopic (exact) mass is 534 g/mol. The normalized spacial score (nSPS) is 13.3. The molecule has 3 N–H and O–H groups in total. The molecule has 10 heteroatoms. The second-order valence-electron chi connectivity index (χ2n) is 9.82. The van der Waals surface area contributed by atoms with E-state index in [0.29, 0.717) is 24.3 Å². The summed E-state index contributed by atoms with van der Waals surface area (Å²) in [4.78, 5) is 4.57. The Hall–Kier alpha value is -3.76. The number of anilines is 2. The molecule has 1 atom stereocenters. The number of sulfonamides is 1. The molecule has 4 aromatic rings. The van der Waals surface area contributed by atoms with Gasteiger partial charge in [0, 0.05) is 19.2 Å². The average molecular weight is 535 g/mol. The Morgan fingerprint density at radius 2 is 1.63 bits per heavy atom. The van der Waals surface area contributed by atoms with Crippen LogP contribution in [0.5, 0.6) is 0 Å². The van der Waals surface area contributed by atoms with Crippen molar-refractivity contribution in [2.45, 2.75) is 44.4 Å². The molecule has 0 amide bonds. The molecular formula is C28H34N6O3S. The first-order valence-corrected chi connectivity index (χ1v) is 14.0. The predicted molar refractivity (Wildman–Crippen MR) is 150 cm³/mol. The highest BCUT2D eigenvalue weighted by Crippen LogP contribution is 2.30. The van der Waals surface area contributed by atoms with E-state index in [4.69, 9.17) is 10.2 Å². The van der Waals surface area contributed by atoms with E-state index in [-0.39, 0.29) is 17.6 Å². The van der Waals surface area contributed by atoms with Crippen molar-refractivity contribution < 1.29 is 12.8 Å². The van der Waals surface area contributed by atoms with Gasteiger partial charge in [0.25, 0.3) is 0 Å².